The van der Waals surface area contributed by atoms with Crippen molar-refractivity contribution < 1.29 is 8.85 Å². The van der Waals surface area contributed by atoms with E-state index in [4.69, 9.17) is 18.9 Å². The first kappa shape index (κ1) is 27.9. The van der Waals surface area contributed by atoms with Crippen LogP contribution in [0.3, 0.4) is 0 Å². The zero-order valence-corrected chi connectivity index (χ0v) is 29.0. The number of benzene rings is 4. The van der Waals surface area contributed by atoms with Crippen molar-refractivity contribution in [3.05, 3.63) is 131 Å². The number of hydrogen-bond donors (Lipinski definition) is 0. The molecule has 242 valence electrons. The molecule has 7 rings (SSSR count). The minimum absolute atomic E-state index is 0.0811. The summed E-state index contributed by atoms with van der Waals surface area (Å²) in [6, 6.07) is 32.2. The zero-order valence-electron chi connectivity index (χ0n) is 32.0. The van der Waals surface area contributed by atoms with Gasteiger partial charge in [-0.25, -0.2) is 9.67 Å². The van der Waals surface area contributed by atoms with Gasteiger partial charge in [-0.2, -0.15) is 5.10 Å². The van der Waals surface area contributed by atoms with E-state index in [2.05, 4.69) is 102 Å². The van der Waals surface area contributed by atoms with E-state index in [0.29, 0.717) is 17.1 Å². The highest BCUT2D eigenvalue weighted by molar-refractivity contribution is 6.09. The van der Waals surface area contributed by atoms with Gasteiger partial charge in [0.1, 0.15) is 17.3 Å². The molecule has 3 heterocycles. The van der Waals surface area contributed by atoms with E-state index in [1.54, 1.807) is 12.1 Å². The normalized spacial score (nSPS) is 13.5. The maximum atomic E-state index is 8.08. The largest absolute Gasteiger partial charge is 0.457 e. The standard InChI is InChI=1S/C43H44N4O/c1-27-15-18-38-37(21-27)36-17-16-34(26-39(36)46(38)40-24-31(19-20-44-40)42(4,5)6)48-35-23-32(43(7,8)9)22-33(25-35)47-29(3)41(28(2)45-47)30-13-11-10-12-14-30/h10-26H,1-9H3/i1D3. The van der Waals surface area contributed by atoms with Crippen molar-refractivity contribution in [2.75, 3.05) is 0 Å². The Bertz CT molecular complexity index is 2420. The lowest BCUT2D eigenvalue weighted by Crippen LogP contribution is -2.12. The summed E-state index contributed by atoms with van der Waals surface area (Å²) in [5.41, 5.74) is 9.32. The molecule has 0 N–H and O–H groups in total. The van der Waals surface area contributed by atoms with Crippen LogP contribution < -0.4 is 4.74 Å². The fourth-order valence-corrected chi connectivity index (χ4v) is 6.57. The number of rotatable bonds is 5. The van der Waals surface area contributed by atoms with E-state index in [1.807, 2.05) is 53.3 Å². The number of pyridine rings is 1. The molecule has 0 atom stereocenters. The number of aryl methyl sites for hydroxylation is 2. The third-order valence-corrected chi connectivity index (χ3v) is 9.17. The van der Waals surface area contributed by atoms with Gasteiger partial charge in [-0.15, -0.1) is 0 Å². The monoisotopic (exact) mass is 635 g/mol. The quantitative estimate of drug-likeness (QED) is 0.189. The molecule has 3 aromatic heterocycles. The van der Waals surface area contributed by atoms with Crippen molar-refractivity contribution in [1.29, 1.82) is 0 Å². The molecule has 0 radical (unpaired) electrons. The maximum Gasteiger partial charge on any atom is 0.137 e. The smallest absolute Gasteiger partial charge is 0.137 e. The van der Waals surface area contributed by atoms with Crippen LogP contribution in [-0.2, 0) is 10.8 Å². The summed E-state index contributed by atoms with van der Waals surface area (Å²) in [6.45, 7) is 15.1. The third-order valence-electron chi connectivity index (χ3n) is 9.17. The van der Waals surface area contributed by atoms with Crippen LogP contribution in [0.5, 0.6) is 11.5 Å². The van der Waals surface area contributed by atoms with Crippen molar-refractivity contribution >= 4 is 21.8 Å². The van der Waals surface area contributed by atoms with Gasteiger partial charge in [-0.1, -0.05) is 83.5 Å². The Kier molecular flexibility index (Phi) is 6.70. The highest BCUT2D eigenvalue weighted by atomic mass is 16.5. The van der Waals surface area contributed by atoms with E-state index in [0.717, 1.165) is 67.0 Å². The topological polar surface area (TPSA) is 44.9 Å². The molecule has 0 saturated heterocycles. The zero-order chi connectivity index (χ0) is 36.5. The van der Waals surface area contributed by atoms with Gasteiger partial charge in [0.05, 0.1) is 22.4 Å². The summed E-state index contributed by atoms with van der Waals surface area (Å²) >= 11 is 0. The first-order chi connectivity index (χ1) is 24.0. The van der Waals surface area contributed by atoms with E-state index in [9.17, 15) is 0 Å². The van der Waals surface area contributed by atoms with Crippen molar-refractivity contribution in [2.24, 2.45) is 0 Å². The SMILES string of the molecule is [2H]C([2H])([2H])c1ccc2c(c1)c1ccc(Oc3cc(-n4nc(C)c(-c5ccccc5)c4C)cc(C(C)(C)C)c3)cc1n2-c1cc(C(C)(C)C)ccn1. The van der Waals surface area contributed by atoms with Gasteiger partial charge in [-0.3, -0.25) is 4.57 Å². The average molecular weight is 636 g/mol. The molecule has 5 nitrogen and oxygen atoms in total. The maximum absolute atomic E-state index is 8.08. The van der Waals surface area contributed by atoms with Crippen LogP contribution in [0, 0.1) is 20.7 Å². The molecule has 0 unspecified atom stereocenters. The predicted octanol–water partition coefficient (Wildman–Crippen LogP) is 11.3. The van der Waals surface area contributed by atoms with Crippen LogP contribution >= 0.6 is 0 Å². The molecule has 0 amide bonds. The molecule has 0 aliphatic rings. The Balaban J connectivity index is 1.38. The fraction of sp³-hybridized carbons (Fsp3) is 0.256. The van der Waals surface area contributed by atoms with E-state index in [-0.39, 0.29) is 10.8 Å². The Morgan fingerprint density at radius 1 is 0.688 bits per heavy atom. The van der Waals surface area contributed by atoms with Gasteiger partial charge in [0.15, 0.2) is 0 Å². The van der Waals surface area contributed by atoms with Crippen molar-refractivity contribution in [3.8, 4) is 34.1 Å². The van der Waals surface area contributed by atoms with Crippen LogP contribution in [0.15, 0.2) is 103 Å². The molecular weight excluding hydrogens is 589 g/mol. The van der Waals surface area contributed by atoms with Gasteiger partial charge in [0, 0.05) is 44.5 Å². The summed E-state index contributed by atoms with van der Waals surface area (Å²) in [4.78, 5) is 4.80. The first-order valence-corrected chi connectivity index (χ1v) is 16.5. The average Bonchev–Trinajstić information content (AvgIpc) is 3.56. The number of aromatic nitrogens is 4. The molecule has 48 heavy (non-hydrogen) atoms. The Hall–Kier alpha value is -5.16. The van der Waals surface area contributed by atoms with Gasteiger partial charge in [0.2, 0.25) is 0 Å². The summed E-state index contributed by atoms with van der Waals surface area (Å²) in [5.74, 6) is 2.12. The second kappa shape index (κ2) is 11.5. The van der Waals surface area contributed by atoms with Gasteiger partial charge in [-0.05, 0) is 96.8 Å². The van der Waals surface area contributed by atoms with Gasteiger partial charge in [0.25, 0.3) is 0 Å². The molecule has 0 aliphatic carbocycles. The molecule has 7 aromatic rings. The molecule has 4 aromatic carbocycles. The minimum atomic E-state index is -2.22. The Morgan fingerprint density at radius 3 is 2.19 bits per heavy atom. The van der Waals surface area contributed by atoms with Crippen LogP contribution in [0.25, 0.3) is 44.4 Å². The molecule has 0 bridgehead atoms. The minimum Gasteiger partial charge on any atom is -0.457 e. The van der Waals surface area contributed by atoms with Crippen LogP contribution in [-0.4, -0.2) is 19.3 Å². The van der Waals surface area contributed by atoms with Gasteiger partial charge < -0.3 is 4.74 Å². The van der Waals surface area contributed by atoms with Crippen LogP contribution in [0.2, 0.25) is 0 Å². The summed E-state index contributed by atoms with van der Waals surface area (Å²) < 4.78 is 35.1. The number of fused-ring (bicyclic) bond motifs is 3. The number of hydrogen-bond acceptors (Lipinski definition) is 3. The molecule has 0 aliphatic heterocycles. The second-order valence-corrected chi connectivity index (χ2v) is 14.8. The first-order valence-electron chi connectivity index (χ1n) is 18.0. The van der Waals surface area contributed by atoms with Crippen molar-refractivity contribution in [2.45, 2.75) is 73.1 Å². The van der Waals surface area contributed by atoms with Gasteiger partial charge >= 0.3 is 0 Å². The van der Waals surface area contributed by atoms with Crippen molar-refractivity contribution in [3.63, 3.8) is 0 Å². The van der Waals surface area contributed by atoms with Crippen LogP contribution in [0.1, 0.15) is 73.7 Å². The summed E-state index contributed by atoms with van der Waals surface area (Å²) in [6.07, 6.45) is 1.84. The number of nitrogens with zero attached hydrogens (tertiary/aromatic N) is 4. The number of ether oxygens (including phenoxy) is 1. The molecular formula is C43H44N4O. The lowest BCUT2D eigenvalue weighted by atomic mass is 9.86. The lowest BCUT2D eigenvalue weighted by molar-refractivity contribution is 0.478. The molecule has 0 saturated carbocycles. The summed E-state index contributed by atoms with van der Waals surface area (Å²) in [7, 11) is 0. The molecule has 0 spiro atoms. The van der Waals surface area contributed by atoms with Crippen molar-refractivity contribution in [1.82, 2.24) is 19.3 Å². The predicted molar refractivity (Wildman–Crippen MR) is 199 cm³/mol. The molecule has 0 fully saturated rings. The lowest BCUT2D eigenvalue weighted by Gasteiger charge is -2.22. The summed E-state index contributed by atoms with van der Waals surface area (Å²) in [5, 5.41) is 6.77. The third kappa shape index (κ3) is 5.68. The highest BCUT2D eigenvalue weighted by Gasteiger charge is 2.22. The second-order valence-electron chi connectivity index (χ2n) is 14.8. The Labute approximate surface area is 288 Å². The molecule has 5 heteroatoms. The van der Waals surface area contributed by atoms with E-state index >= 15 is 0 Å². The highest BCUT2D eigenvalue weighted by Crippen LogP contribution is 2.38. The van der Waals surface area contributed by atoms with Crippen LogP contribution in [0.4, 0.5) is 0 Å². The Morgan fingerprint density at radius 2 is 1.46 bits per heavy atom. The van der Waals surface area contributed by atoms with E-state index in [1.165, 1.54) is 0 Å². The fourth-order valence-electron chi connectivity index (χ4n) is 6.57. The van der Waals surface area contributed by atoms with E-state index < -0.39 is 6.85 Å².